The maximum absolute atomic E-state index is 12.1. The minimum Gasteiger partial charge on any atom is -0.394 e. The number of rotatable bonds is 5. The van der Waals surface area contributed by atoms with Crippen LogP contribution in [0.2, 0.25) is 0 Å². The summed E-state index contributed by atoms with van der Waals surface area (Å²) in [7, 11) is 0. The SMILES string of the molecule is CCN(CC)C(=O)Cn1nc(-c2cccs2)cc(N)c1=O. The summed E-state index contributed by atoms with van der Waals surface area (Å²) in [6.07, 6.45) is 0. The number of nitrogen functional groups attached to an aromatic ring is 1. The summed E-state index contributed by atoms with van der Waals surface area (Å²) in [5, 5.41) is 6.17. The summed E-state index contributed by atoms with van der Waals surface area (Å²) >= 11 is 1.50. The summed E-state index contributed by atoms with van der Waals surface area (Å²) in [5.41, 5.74) is 6.02. The highest BCUT2D eigenvalue weighted by Crippen LogP contribution is 2.22. The van der Waals surface area contributed by atoms with E-state index in [1.165, 1.54) is 11.3 Å². The Kier molecular flexibility index (Phi) is 4.74. The Morgan fingerprint density at radius 2 is 2.14 bits per heavy atom. The van der Waals surface area contributed by atoms with Crippen molar-refractivity contribution in [2.24, 2.45) is 0 Å². The van der Waals surface area contributed by atoms with E-state index in [1.807, 2.05) is 31.4 Å². The van der Waals surface area contributed by atoms with Crippen LogP contribution in [0.15, 0.2) is 28.4 Å². The van der Waals surface area contributed by atoms with E-state index < -0.39 is 5.56 Å². The van der Waals surface area contributed by atoms with Crippen molar-refractivity contribution in [3.05, 3.63) is 33.9 Å². The number of hydrogen-bond donors (Lipinski definition) is 1. The summed E-state index contributed by atoms with van der Waals surface area (Å²) in [6, 6.07) is 5.34. The standard InChI is InChI=1S/C14H18N4O2S/c1-3-17(4-2)13(19)9-18-14(20)10(15)8-11(16-18)12-6-5-7-21-12/h5-8H,3-4,9,15H2,1-2H3. The number of thiophene rings is 1. The van der Waals surface area contributed by atoms with Crippen molar-refractivity contribution in [2.45, 2.75) is 20.4 Å². The average molecular weight is 306 g/mol. The van der Waals surface area contributed by atoms with Gasteiger partial charge < -0.3 is 10.6 Å². The summed E-state index contributed by atoms with van der Waals surface area (Å²) in [4.78, 5) is 26.7. The molecule has 0 saturated carbocycles. The van der Waals surface area contributed by atoms with E-state index in [4.69, 9.17) is 5.73 Å². The first kappa shape index (κ1) is 15.2. The molecule has 2 aromatic heterocycles. The molecule has 112 valence electrons. The Balaban J connectivity index is 2.35. The van der Waals surface area contributed by atoms with Gasteiger partial charge in [0.1, 0.15) is 17.9 Å². The molecule has 0 spiro atoms. The van der Waals surface area contributed by atoms with Crippen LogP contribution in [-0.4, -0.2) is 33.7 Å². The third-order valence-corrected chi connectivity index (χ3v) is 4.07. The van der Waals surface area contributed by atoms with Gasteiger partial charge in [-0.25, -0.2) is 4.68 Å². The molecule has 1 amide bonds. The maximum atomic E-state index is 12.1. The van der Waals surface area contributed by atoms with Gasteiger partial charge in [-0.2, -0.15) is 5.10 Å². The average Bonchev–Trinajstić information content (AvgIpc) is 2.99. The quantitative estimate of drug-likeness (QED) is 0.906. The van der Waals surface area contributed by atoms with E-state index in [9.17, 15) is 9.59 Å². The van der Waals surface area contributed by atoms with Gasteiger partial charge >= 0.3 is 0 Å². The maximum Gasteiger partial charge on any atom is 0.290 e. The van der Waals surface area contributed by atoms with Crippen LogP contribution in [-0.2, 0) is 11.3 Å². The number of nitrogens with zero attached hydrogens (tertiary/aromatic N) is 3. The van der Waals surface area contributed by atoms with Crippen LogP contribution in [0.3, 0.4) is 0 Å². The van der Waals surface area contributed by atoms with Crippen molar-refractivity contribution < 1.29 is 4.79 Å². The number of anilines is 1. The molecule has 0 aliphatic rings. The smallest absolute Gasteiger partial charge is 0.290 e. The molecular weight excluding hydrogens is 288 g/mol. The van der Waals surface area contributed by atoms with E-state index in [0.717, 1.165) is 9.56 Å². The molecule has 2 aromatic rings. The number of likely N-dealkylation sites (N-methyl/N-ethyl adjacent to an activating group) is 1. The lowest BCUT2D eigenvalue weighted by atomic mass is 10.3. The second-order valence-electron chi connectivity index (χ2n) is 4.49. The van der Waals surface area contributed by atoms with Gasteiger partial charge in [0.15, 0.2) is 0 Å². The Hall–Kier alpha value is -2.15. The van der Waals surface area contributed by atoms with Crippen LogP contribution in [0.4, 0.5) is 5.69 Å². The minimum atomic E-state index is -0.434. The number of nitrogens with two attached hydrogens (primary N) is 1. The van der Waals surface area contributed by atoms with Crippen LogP contribution >= 0.6 is 11.3 Å². The topological polar surface area (TPSA) is 81.2 Å². The Morgan fingerprint density at radius 3 is 2.71 bits per heavy atom. The summed E-state index contributed by atoms with van der Waals surface area (Å²) < 4.78 is 1.14. The molecule has 0 fully saturated rings. The van der Waals surface area contributed by atoms with Crippen molar-refractivity contribution in [3.63, 3.8) is 0 Å². The molecule has 2 heterocycles. The van der Waals surface area contributed by atoms with Gasteiger partial charge in [-0.15, -0.1) is 11.3 Å². The molecule has 21 heavy (non-hydrogen) atoms. The van der Waals surface area contributed by atoms with Crippen molar-refractivity contribution >= 4 is 22.9 Å². The first-order valence-electron chi connectivity index (χ1n) is 6.76. The highest BCUT2D eigenvalue weighted by molar-refractivity contribution is 7.13. The number of hydrogen-bond acceptors (Lipinski definition) is 5. The molecular formula is C14H18N4O2S. The van der Waals surface area contributed by atoms with Gasteiger partial charge in [-0.3, -0.25) is 9.59 Å². The Morgan fingerprint density at radius 1 is 1.43 bits per heavy atom. The largest absolute Gasteiger partial charge is 0.394 e. The minimum absolute atomic E-state index is 0.0933. The first-order valence-corrected chi connectivity index (χ1v) is 7.64. The van der Waals surface area contributed by atoms with Gasteiger partial charge in [0.2, 0.25) is 5.91 Å². The molecule has 0 atom stereocenters. The van der Waals surface area contributed by atoms with E-state index >= 15 is 0 Å². The first-order chi connectivity index (χ1) is 10.1. The molecule has 0 aliphatic heterocycles. The molecule has 0 unspecified atom stereocenters. The van der Waals surface area contributed by atoms with Crippen molar-refractivity contribution in [1.29, 1.82) is 0 Å². The van der Waals surface area contributed by atoms with Crippen LogP contribution < -0.4 is 11.3 Å². The Labute approximate surface area is 126 Å². The summed E-state index contributed by atoms with van der Waals surface area (Å²) in [5.74, 6) is -0.141. The Bertz CT molecular complexity index is 675. The van der Waals surface area contributed by atoms with Gasteiger partial charge in [0, 0.05) is 13.1 Å². The molecule has 0 bridgehead atoms. The fourth-order valence-corrected chi connectivity index (χ4v) is 2.70. The molecule has 6 nitrogen and oxygen atoms in total. The molecule has 2 rings (SSSR count). The lowest BCUT2D eigenvalue weighted by Crippen LogP contribution is -2.37. The number of carbonyl (C=O) groups is 1. The van der Waals surface area contributed by atoms with Crippen molar-refractivity contribution in [3.8, 4) is 10.6 Å². The summed E-state index contributed by atoms with van der Waals surface area (Å²) in [6.45, 7) is 4.90. The van der Waals surface area contributed by atoms with Crippen LogP contribution in [0.25, 0.3) is 10.6 Å². The van der Waals surface area contributed by atoms with E-state index in [0.29, 0.717) is 18.8 Å². The molecule has 0 radical (unpaired) electrons. The lowest BCUT2D eigenvalue weighted by molar-refractivity contribution is -0.131. The highest BCUT2D eigenvalue weighted by Gasteiger charge is 2.14. The van der Waals surface area contributed by atoms with E-state index in [2.05, 4.69) is 5.10 Å². The third-order valence-electron chi connectivity index (χ3n) is 3.18. The van der Waals surface area contributed by atoms with E-state index in [-0.39, 0.29) is 18.1 Å². The van der Waals surface area contributed by atoms with Crippen LogP contribution in [0.5, 0.6) is 0 Å². The molecule has 0 aromatic carbocycles. The predicted molar refractivity (Wildman–Crippen MR) is 84.2 cm³/mol. The van der Waals surface area contributed by atoms with Crippen molar-refractivity contribution in [2.75, 3.05) is 18.8 Å². The second-order valence-corrected chi connectivity index (χ2v) is 5.44. The molecule has 2 N–H and O–H groups in total. The fourth-order valence-electron chi connectivity index (χ4n) is 2.02. The fraction of sp³-hybridized carbons (Fsp3) is 0.357. The van der Waals surface area contributed by atoms with Crippen molar-refractivity contribution in [1.82, 2.24) is 14.7 Å². The predicted octanol–water partition coefficient (Wildman–Crippen LogP) is 1.42. The monoisotopic (exact) mass is 306 g/mol. The molecule has 0 aliphatic carbocycles. The zero-order chi connectivity index (χ0) is 15.4. The van der Waals surface area contributed by atoms with Gasteiger partial charge in [-0.1, -0.05) is 6.07 Å². The third kappa shape index (κ3) is 3.30. The van der Waals surface area contributed by atoms with Gasteiger partial charge in [0.25, 0.3) is 5.56 Å². The highest BCUT2D eigenvalue weighted by atomic mass is 32.1. The molecule has 7 heteroatoms. The van der Waals surface area contributed by atoms with E-state index in [1.54, 1.807) is 11.0 Å². The number of carbonyl (C=O) groups excluding carboxylic acids is 1. The van der Waals surface area contributed by atoms with Gasteiger partial charge in [0.05, 0.1) is 4.88 Å². The lowest BCUT2D eigenvalue weighted by Gasteiger charge is -2.19. The zero-order valence-electron chi connectivity index (χ0n) is 12.1. The normalized spacial score (nSPS) is 10.6. The van der Waals surface area contributed by atoms with Gasteiger partial charge in [-0.05, 0) is 31.4 Å². The zero-order valence-corrected chi connectivity index (χ0v) is 12.9. The van der Waals surface area contributed by atoms with Crippen LogP contribution in [0.1, 0.15) is 13.8 Å². The number of amides is 1. The van der Waals surface area contributed by atoms with Crippen LogP contribution in [0, 0.1) is 0 Å². The second kappa shape index (κ2) is 6.53. The number of aromatic nitrogens is 2. The molecule has 0 saturated heterocycles.